The molecule has 0 spiro atoms. The minimum Gasteiger partial charge on any atom is -0.397 e. The molecule has 2 rings (SSSR count). The number of nitrogens with zero attached hydrogens (tertiary/aromatic N) is 1. The van der Waals surface area contributed by atoms with Crippen molar-refractivity contribution in [3.63, 3.8) is 0 Å². The van der Waals surface area contributed by atoms with Crippen molar-refractivity contribution in [3.05, 3.63) is 30.0 Å². The van der Waals surface area contributed by atoms with Gasteiger partial charge in [0.2, 0.25) is 0 Å². The van der Waals surface area contributed by atoms with Gasteiger partial charge in [-0.3, -0.25) is 0 Å². The maximum Gasteiger partial charge on any atom is 0.0718 e. The lowest BCUT2D eigenvalue weighted by molar-refractivity contribution is 0.606. The molecule has 1 heterocycles. The summed E-state index contributed by atoms with van der Waals surface area (Å²) >= 11 is 4.36. The number of fused-ring (bicyclic) bond motifs is 1. The first-order valence-electron chi connectivity index (χ1n) is 5.14. The van der Waals surface area contributed by atoms with Crippen LogP contribution in [0.5, 0.6) is 0 Å². The lowest BCUT2D eigenvalue weighted by Crippen LogP contribution is -2.05. The van der Waals surface area contributed by atoms with Gasteiger partial charge in [-0.15, -0.1) is 0 Å². The minimum absolute atomic E-state index is 0.411. The summed E-state index contributed by atoms with van der Waals surface area (Å²) in [5.74, 6) is 0.742. The molecule has 15 heavy (non-hydrogen) atoms. The summed E-state index contributed by atoms with van der Waals surface area (Å²) in [6, 6.07) is 8.61. The Balaban J connectivity index is 2.82. The van der Waals surface area contributed by atoms with E-state index in [1.165, 1.54) is 11.1 Å². The number of hydrogen-bond acceptors (Lipinski definition) is 2. The predicted octanol–water partition coefficient (Wildman–Crippen LogP) is 3.23. The third-order valence-corrected chi connectivity index (χ3v) is 2.97. The van der Waals surface area contributed by atoms with E-state index in [4.69, 9.17) is 5.73 Å². The topological polar surface area (TPSA) is 30.9 Å². The molecule has 80 valence electrons. The van der Waals surface area contributed by atoms with Crippen LogP contribution in [0.3, 0.4) is 0 Å². The molecule has 0 aliphatic rings. The number of para-hydroxylation sites is 1. The molecule has 2 nitrogen and oxygen atoms in total. The summed E-state index contributed by atoms with van der Waals surface area (Å²) in [5, 5.41) is 1.20. The van der Waals surface area contributed by atoms with Crippen molar-refractivity contribution in [2.45, 2.75) is 25.6 Å². The zero-order chi connectivity index (χ0) is 11.0. The van der Waals surface area contributed by atoms with Crippen molar-refractivity contribution in [3.8, 4) is 0 Å². The molecule has 0 fully saturated rings. The highest BCUT2D eigenvalue weighted by atomic mass is 32.1. The molecule has 0 saturated heterocycles. The first-order valence-corrected chi connectivity index (χ1v) is 5.77. The van der Waals surface area contributed by atoms with Crippen molar-refractivity contribution >= 4 is 29.2 Å². The van der Waals surface area contributed by atoms with Crippen LogP contribution < -0.4 is 5.73 Å². The fraction of sp³-hybridized carbons (Fsp3) is 0.333. The second-order valence-electron chi connectivity index (χ2n) is 4.04. The normalized spacial score (nSPS) is 11.5. The van der Waals surface area contributed by atoms with Crippen LogP contribution in [0.4, 0.5) is 5.69 Å². The van der Waals surface area contributed by atoms with E-state index in [1.54, 1.807) is 0 Å². The van der Waals surface area contributed by atoms with Crippen LogP contribution in [0.15, 0.2) is 24.3 Å². The Morgan fingerprint density at radius 1 is 1.40 bits per heavy atom. The van der Waals surface area contributed by atoms with E-state index in [1.807, 2.05) is 12.1 Å². The van der Waals surface area contributed by atoms with Gasteiger partial charge in [0.25, 0.3) is 0 Å². The van der Waals surface area contributed by atoms with E-state index < -0.39 is 0 Å². The SMILES string of the molecule is CC(C)n1c(CS)cc2cccc(N)c21. The summed E-state index contributed by atoms with van der Waals surface area (Å²) in [6.45, 7) is 4.33. The summed E-state index contributed by atoms with van der Waals surface area (Å²) in [6.07, 6.45) is 0. The van der Waals surface area contributed by atoms with E-state index in [2.05, 4.69) is 43.2 Å². The van der Waals surface area contributed by atoms with Gasteiger partial charge in [0.05, 0.1) is 11.2 Å². The van der Waals surface area contributed by atoms with Gasteiger partial charge in [0.1, 0.15) is 0 Å². The average molecular weight is 220 g/mol. The maximum atomic E-state index is 6.02. The van der Waals surface area contributed by atoms with Gasteiger partial charge in [0.15, 0.2) is 0 Å². The van der Waals surface area contributed by atoms with Gasteiger partial charge in [-0.1, -0.05) is 12.1 Å². The molecular formula is C12H16N2S. The van der Waals surface area contributed by atoms with Gasteiger partial charge in [-0.05, 0) is 26.0 Å². The van der Waals surface area contributed by atoms with Crippen LogP contribution in [0.2, 0.25) is 0 Å². The number of hydrogen-bond donors (Lipinski definition) is 2. The van der Waals surface area contributed by atoms with Crippen LogP contribution in [0, 0.1) is 0 Å². The second kappa shape index (κ2) is 3.81. The van der Waals surface area contributed by atoms with E-state index in [0.29, 0.717) is 6.04 Å². The Morgan fingerprint density at radius 2 is 2.13 bits per heavy atom. The molecule has 0 radical (unpaired) electrons. The monoisotopic (exact) mass is 220 g/mol. The van der Waals surface area contributed by atoms with Crippen molar-refractivity contribution in [1.29, 1.82) is 0 Å². The molecule has 0 atom stereocenters. The molecule has 0 aliphatic carbocycles. The molecule has 0 unspecified atom stereocenters. The predicted molar refractivity (Wildman–Crippen MR) is 69.4 cm³/mol. The Hall–Kier alpha value is -1.09. The standard InChI is InChI=1S/C12H16N2S/c1-8(2)14-10(7-15)6-9-4-3-5-11(13)12(9)14/h3-6,8,15H,7,13H2,1-2H3. The number of anilines is 1. The van der Waals surface area contributed by atoms with Gasteiger partial charge >= 0.3 is 0 Å². The molecule has 1 aromatic carbocycles. The van der Waals surface area contributed by atoms with Gasteiger partial charge in [-0.2, -0.15) is 12.6 Å². The molecule has 0 bridgehead atoms. The molecule has 0 saturated carbocycles. The molecule has 0 amide bonds. The molecule has 0 aliphatic heterocycles. The number of aromatic nitrogens is 1. The molecule has 2 N–H and O–H groups in total. The number of benzene rings is 1. The average Bonchev–Trinajstić information content (AvgIpc) is 2.57. The van der Waals surface area contributed by atoms with Gasteiger partial charge in [0, 0.05) is 22.9 Å². The Kier molecular flexibility index (Phi) is 2.65. The maximum absolute atomic E-state index is 6.02. The molecule has 2 aromatic rings. The number of nitrogen functional groups attached to an aromatic ring is 1. The highest BCUT2D eigenvalue weighted by Gasteiger charge is 2.11. The summed E-state index contributed by atoms with van der Waals surface area (Å²) in [4.78, 5) is 0. The van der Waals surface area contributed by atoms with Crippen molar-refractivity contribution in [1.82, 2.24) is 4.57 Å². The smallest absolute Gasteiger partial charge is 0.0718 e. The Labute approximate surface area is 95.5 Å². The van der Waals surface area contributed by atoms with Crippen LogP contribution >= 0.6 is 12.6 Å². The largest absolute Gasteiger partial charge is 0.397 e. The first-order chi connectivity index (χ1) is 7.15. The van der Waals surface area contributed by atoms with E-state index in [0.717, 1.165) is 17.0 Å². The van der Waals surface area contributed by atoms with Crippen molar-refractivity contribution < 1.29 is 0 Å². The summed E-state index contributed by atoms with van der Waals surface area (Å²) < 4.78 is 2.26. The second-order valence-corrected chi connectivity index (χ2v) is 4.36. The number of rotatable bonds is 2. The Bertz CT molecular complexity index is 486. The van der Waals surface area contributed by atoms with E-state index in [9.17, 15) is 0 Å². The highest BCUT2D eigenvalue weighted by molar-refractivity contribution is 7.79. The van der Waals surface area contributed by atoms with E-state index in [-0.39, 0.29) is 0 Å². The highest BCUT2D eigenvalue weighted by Crippen LogP contribution is 2.29. The quantitative estimate of drug-likeness (QED) is 0.591. The summed E-state index contributed by atoms with van der Waals surface area (Å²) in [7, 11) is 0. The van der Waals surface area contributed by atoms with Crippen LogP contribution in [0.1, 0.15) is 25.6 Å². The lowest BCUT2D eigenvalue weighted by atomic mass is 10.2. The first kappa shape index (κ1) is 10.4. The van der Waals surface area contributed by atoms with Crippen molar-refractivity contribution in [2.24, 2.45) is 0 Å². The zero-order valence-corrected chi connectivity index (χ0v) is 9.96. The summed E-state index contributed by atoms with van der Waals surface area (Å²) in [5.41, 5.74) is 9.22. The minimum atomic E-state index is 0.411. The van der Waals surface area contributed by atoms with Gasteiger partial charge in [-0.25, -0.2) is 0 Å². The van der Waals surface area contributed by atoms with Crippen LogP contribution in [-0.4, -0.2) is 4.57 Å². The van der Waals surface area contributed by atoms with Crippen molar-refractivity contribution in [2.75, 3.05) is 5.73 Å². The number of thiol groups is 1. The Morgan fingerprint density at radius 3 is 2.73 bits per heavy atom. The fourth-order valence-corrected chi connectivity index (χ4v) is 2.32. The van der Waals surface area contributed by atoms with Gasteiger partial charge < -0.3 is 10.3 Å². The zero-order valence-electron chi connectivity index (χ0n) is 9.07. The van der Waals surface area contributed by atoms with Crippen LogP contribution in [0.25, 0.3) is 10.9 Å². The fourth-order valence-electron chi connectivity index (χ4n) is 2.08. The molecular weight excluding hydrogens is 204 g/mol. The molecule has 3 heteroatoms. The van der Waals surface area contributed by atoms with Crippen LogP contribution in [-0.2, 0) is 5.75 Å². The lowest BCUT2D eigenvalue weighted by Gasteiger charge is -2.14. The van der Waals surface area contributed by atoms with E-state index >= 15 is 0 Å². The third-order valence-electron chi connectivity index (χ3n) is 2.65. The third kappa shape index (κ3) is 1.61. The number of nitrogens with two attached hydrogens (primary N) is 1. The molecule has 1 aromatic heterocycles.